The zero-order valence-corrected chi connectivity index (χ0v) is 8.66. The lowest BCUT2D eigenvalue weighted by Gasteiger charge is -2.20. The van der Waals surface area contributed by atoms with Crippen LogP contribution in [-0.4, -0.2) is 30.1 Å². The SMILES string of the molecule is [CH2]C(O)C(OCCC)OC(=O)C(=C)C. The van der Waals surface area contributed by atoms with Crippen molar-refractivity contribution in [1.29, 1.82) is 0 Å². The molecule has 1 N–H and O–H groups in total. The van der Waals surface area contributed by atoms with E-state index in [4.69, 9.17) is 14.6 Å². The van der Waals surface area contributed by atoms with E-state index in [9.17, 15) is 4.79 Å². The molecule has 1 radical (unpaired) electrons. The second-order valence-corrected chi connectivity index (χ2v) is 2.99. The van der Waals surface area contributed by atoms with Gasteiger partial charge in [0.05, 0.1) is 6.61 Å². The molecule has 0 rings (SSSR count). The number of carbonyl (C=O) groups excluding carboxylic acids is 1. The van der Waals surface area contributed by atoms with E-state index in [1.165, 1.54) is 6.92 Å². The van der Waals surface area contributed by atoms with Gasteiger partial charge in [-0.25, -0.2) is 4.79 Å². The fourth-order valence-electron chi connectivity index (χ4n) is 0.664. The van der Waals surface area contributed by atoms with E-state index < -0.39 is 18.4 Å². The lowest BCUT2D eigenvalue weighted by Crippen LogP contribution is -2.32. The summed E-state index contributed by atoms with van der Waals surface area (Å²) in [6.07, 6.45) is -1.34. The van der Waals surface area contributed by atoms with E-state index in [-0.39, 0.29) is 5.57 Å². The smallest absolute Gasteiger partial charge is 0.335 e. The summed E-state index contributed by atoms with van der Waals surface area (Å²) in [5.74, 6) is -0.589. The Bertz CT molecular complexity index is 198. The summed E-state index contributed by atoms with van der Waals surface area (Å²) in [5.41, 5.74) is 0.260. The molecule has 0 amide bonds. The van der Waals surface area contributed by atoms with Crippen LogP contribution in [0.25, 0.3) is 0 Å². The van der Waals surface area contributed by atoms with Crippen LogP contribution in [0.2, 0.25) is 0 Å². The van der Waals surface area contributed by atoms with Gasteiger partial charge in [-0.3, -0.25) is 0 Å². The number of aliphatic hydroxyl groups excluding tert-OH is 1. The van der Waals surface area contributed by atoms with Gasteiger partial charge in [0.25, 0.3) is 0 Å². The zero-order chi connectivity index (χ0) is 11.1. The first-order chi connectivity index (χ1) is 6.49. The van der Waals surface area contributed by atoms with Crippen LogP contribution in [0.15, 0.2) is 12.2 Å². The van der Waals surface area contributed by atoms with Crippen LogP contribution >= 0.6 is 0 Å². The molecule has 2 unspecified atom stereocenters. The zero-order valence-electron chi connectivity index (χ0n) is 8.66. The fourth-order valence-corrected chi connectivity index (χ4v) is 0.664. The van der Waals surface area contributed by atoms with Crippen molar-refractivity contribution >= 4 is 5.97 Å². The number of hydrogen-bond acceptors (Lipinski definition) is 4. The van der Waals surface area contributed by atoms with Crippen molar-refractivity contribution in [2.75, 3.05) is 6.61 Å². The number of carbonyl (C=O) groups is 1. The molecule has 4 nitrogen and oxygen atoms in total. The summed E-state index contributed by atoms with van der Waals surface area (Å²) < 4.78 is 9.88. The standard InChI is InChI=1S/C10H17O4/c1-5-6-13-10(8(4)11)14-9(12)7(2)3/h8,10-11H,2,4-6H2,1,3H3. The van der Waals surface area contributed by atoms with Gasteiger partial charge in [0, 0.05) is 5.57 Å². The average Bonchev–Trinajstić information content (AvgIpc) is 2.10. The molecular formula is C10H17O4. The van der Waals surface area contributed by atoms with Crippen LogP contribution in [0.1, 0.15) is 20.3 Å². The predicted octanol–water partition coefficient (Wildman–Crippen LogP) is 1.05. The molecule has 0 spiro atoms. The maximum absolute atomic E-state index is 11.1. The van der Waals surface area contributed by atoms with Crippen LogP contribution in [0.4, 0.5) is 0 Å². The first kappa shape index (κ1) is 13.1. The molecule has 14 heavy (non-hydrogen) atoms. The molecule has 0 aliphatic heterocycles. The maximum atomic E-state index is 11.1. The van der Waals surface area contributed by atoms with Crippen LogP contribution in [-0.2, 0) is 14.3 Å². The highest BCUT2D eigenvalue weighted by molar-refractivity contribution is 5.87. The van der Waals surface area contributed by atoms with Gasteiger partial charge >= 0.3 is 5.97 Å². The highest BCUT2D eigenvalue weighted by atomic mass is 16.7. The van der Waals surface area contributed by atoms with Crippen molar-refractivity contribution in [3.8, 4) is 0 Å². The Labute approximate surface area is 84.5 Å². The van der Waals surface area contributed by atoms with Gasteiger partial charge in [-0.1, -0.05) is 13.5 Å². The molecule has 0 bridgehead atoms. The van der Waals surface area contributed by atoms with E-state index in [1.807, 2.05) is 6.92 Å². The summed E-state index contributed by atoms with van der Waals surface area (Å²) >= 11 is 0. The minimum absolute atomic E-state index is 0.260. The topological polar surface area (TPSA) is 55.8 Å². The number of esters is 1. The first-order valence-corrected chi connectivity index (χ1v) is 4.48. The summed E-state index contributed by atoms with van der Waals surface area (Å²) in [7, 11) is 0. The molecule has 0 fully saturated rings. The van der Waals surface area contributed by atoms with Crippen molar-refractivity contribution in [3.63, 3.8) is 0 Å². The van der Waals surface area contributed by atoms with E-state index in [0.29, 0.717) is 6.61 Å². The summed E-state index contributed by atoms with van der Waals surface area (Å²) in [5, 5.41) is 9.13. The third kappa shape index (κ3) is 4.99. The second-order valence-electron chi connectivity index (χ2n) is 2.99. The van der Waals surface area contributed by atoms with Gasteiger partial charge in [0.1, 0.15) is 6.10 Å². The predicted molar refractivity (Wildman–Crippen MR) is 52.3 cm³/mol. The summed E-state index contributed by atoms with van der Waals surface area (Å²) in [4.78, 5) is 11.1. The van der Waals surface area contributed by atoms with E-state index in [2.05, 4.69) is 13.5 Å². The molecule has 0 aliphatic rings. The minimum atomic E-state index is -1.09. The number of hydrogen-bond donors (Lipinski definition) is 1. The number of ether oxygens (including phenoxy) is 2. The van der Waals surface area contributed by atoms with Gasteiger partial charge in [0.2, 0.25) is 6.29 Å². The molecule has 0 saturated carbocycles. The lowest BCUT2D eigenvalue weighted by molar-refractivity contribution is -0.193. The minimum Gasteiger partial charge on any atom is -0.430 e. The molecular weight excluding hydrogens is 184 g/mol. The summed E-state index contributed by atoms with van der Waals surface area (Å²) in [6, 6.07) is 0. The Morgan fingerprint density at radius 2 is 2.14 bits per heavy atom. The van der Waals surface area contributed by atoms with Crippen molar-refractivity contribution < 1.29 is 19.4 Å². The Morgan fingerprint density at radius 3 is 2.50 bits per heavy atom. The molecule has 4 heteroatoms. The quantitative estimate of drug-likeness (QED) is 0.396. The number of aliphatic hydroxyl groups is 1. The molecule has 0 saturated heterocycles. The average molecular weight is 201 g/mol. The van der Waals surface area contributed by atoms with E-state index >= 15 is 0 Å². The van der Waals surface area contributed by atoms with Crippen molar-refractivity contribution in [2.24, 2.45) is 0 Å². The Morgan fingerprint density at radius 1 is 1.57 bits per heavy atom. The fraction of sp³-hybridized carbons (Fsp3) is 0.600. The second kappa shape index (κ2) is 6.56. The van der Waals surface area contributed by atoms with E-state index in [1.54, 1.807) is 0 Å². The Kier molecular flexibility index (Phi) is 6.16. The first-order valence-electron chi connectivity index (χ1n) is 4.48. The highest BCUT2D eigenvalue weighted by Crippen LogP contribution is 2.05. The van der Waals surface area contributed by atoms with Crippen LogP contribution < -0.4 is 0 Å². The highest BCUT2D eigenvalue weighted by Gasteiger charge is 2.20. The molecule has 0 aromatic rings. The van der Waals surface area contributed by atoms with Crippen LogP contribution in [0.5, 0.6) is 0 Å². The third-order valence-corrected chi connectivity index (χ3v) is 1.37. The molecule has 2 atom stereocenters. The van der Waals surface area contributed by atoms with Gasteiger partial charge in [-0.2, -0.15) is 0 Å². The summed E-state index contributed by atoms with van der Waals surface area (Å²) in [6.45, 7) is 10.6. The maximum Gasteiger partial charge on any atom is 0.335 e. The largest absolute Gasteiger partial charge is 0.430 e. The normalized spacial score (nSPS) is 14.6. The molecule has 0 heterocycles. The molecule has 0 aromatic heterocycles. The number of rotatable bonds is 6. The Balaban J connectivity index is 4.09. The lowest BCUT2D eigenvalue weighted by atomic mass is 10.3. The third-order valence-electron chi connectivity index (χ3n) is 1.37. The van der Waals surface area contributed by atoms with E-state index in [0.717, 1.165) is 6.42 Å². The van der Waals surface area contributed by atoms with Gasteiger partial charge in [0.15, 0.2) is 0 Å². The molecule has 81 valence electrons. The molecule has 0 aliphatic carbocycles. The van der Waals surface area contributed by atoms with Crippen molar-refractivity contribution in [3.05, 3.63) is 19.1 Å². The van der Waals surface area contributed by atoms with Crippen LogP contribution in [0.3, 0.4) is 0 Å². The van der Waals surface area contributed by atoms with Gasteiger partial charge in [-0.05, 0) is 20.3 Å². The molecule has 0 aromatic carbocycles. The van der Waals surface area contributed by atoms with Gasteiger partial charge < -0.3 is 14.6 Å². The Hall–Kier alpha value is -0.870. The van der Waals surface area contributed by atoms with Gasteiger partial charge in [-0.15, -0.1) is 0 Å². The van der Waals surface area contributed by atoms with Crippen molar-refractivity contribution in [1.82, 2.24) is 0 Å². The van der Waals surface area contributed by atoms with Crippen molar-refractivity contribution in [2.45, 2.75) is 32.7 Å². The monoisotopic (exact) mass is 201 g/mol. The van der Waals surface area contributed by atoms with Crippen LogP contribution in [0, 0.1) is 6.92 Å².